The van der Waals surface area contributed by atoms with E-state index in [9.17, 15) is 22.8 Å². The van der Waals surface area contributed by atoms with Crippen molar-refractivity contribution in [2.45, 2.75) is 6.54 Å². The van der Waals surface area contributed by atoms with Crippen LogP contribution < -0.4 is 21.3 Å². The molecule has 1 aromatic heterocycles. The molecule has 4 rings (SSSR count). The van der Waals surface area contributed by atoms with Gasteiger partial charge in [-0.15, -0.1) is 0 Å². The summed E-state index contributed by atoms with van der Waals surface area (Å²) in [6.45, 7) is 0.529. The van der Waals surface area contributed by atoms with Crippen LogP contribution in [0.15, 0.2) is 48.7 Å². The predicted octanol–water partition coefficient (Wildman–Crippen LogP) is 3.32. The number of nitrogens with two attached hydrogens (primary N) is 1. The van der Waals surface area contributed by atoms with E-state index in [1.54, 1.807) is 29.2 Å². The second-order valence-corrected chi connectivity index (χ2v) is 7.42. The minimum Gasteiger partial charge on any atom is -0.380 e. The summed E-state index contributed by atoms with van der Waals surface area (Å²) in [4.78, 5) is 29.5. The van der Waals surface area contributed by atoms with Crippen LogP contribution in [0, 0.1) is 17.5 Å². The molecule has 0 bridgehead atoms. The van der Waals surface area contributed by atoms with Crippen LogP contribution in [0.4, 0.5) is 36.1 Å². The lowest BCUT2D eigenvalue weighted by atomic mass is 10.1. The molecule has 1 saturated heterocycles. The second kappa shape index (κ2) is 9.79. The Bertz CT molecular complexity index is 1240. The number of rotatable bonds is 7. The number of ether oxygens (including phenoxy) is 1. The lowest BCUT2D eigenvalue weighted by Gasteiger charge is -2.27. The Morgan fingerprint density at radius 1 is 1.12 bits per heavy atom. The fourth-order valence-corrected chi connectivity index (χ4v) is 3.44. The van der Waals surface area contributed by atoms with Gasteiger partial charge in [0.2, 0.25) is 0 Å². The number of nitrogens with one attached hydrogen (secondary N) is 2. The van der Waals surface area contributed by atoms with E-state index in [2.05, 4.69) is 15.6 Å². The molecule has 11 heteroatoms. The van der Waals surface area contributed by atoms with Crippen LogP contribution in [-0.2, 0) is 16.1 Å². The first-order valence-corrected chi connectivity index (χ1v) is 10.2. The highest BCUT2D eigenvalue weighted by molar-refractivity contribution is 5.98. The summed E-state index contributed by atoms with van der Waals surface area (Å²) < 4.78 is 46.5. The summed E-state index contributed by atoms with van der Waals surface area (Å²) in [6, 6.07) is 9.96. The van der Waals surface area contributed by atoms with E-state index >= 15 is 0 Å². The zero-order valence-electron chi connectivity index (χ0n) is 17.8. The maximum atomic E-state index is 14.0. The maximum Gasteiger partial charge on any atom is 0.253 e. The number of carbonyl (C=O) groups is 2. The number of hydrogen-bond acceptors (Lipinski definition) is 6. The third-order valence-electron chi connectivity index (χ3n) is 5.20. The number of hydrogen-bond donors (Lipinski definition) is 3. The molecule has 1 aliphatic heterocycles. The number of carbonyl (C=O) groups excluding carboxylic acids is 2. The van der Waals surface area contributed by atoms with Crippen molar-refractivity contribution in [1.29, 1.82) is 0 Å². The number of pyridine rings is 1. The Balaban J connectivity index is 1.52. The Morgan fingerprint density at radius 3 is 2.56 bits per heavy atom. The lowest BCUT2D eigenvalue weighted by Crippen LogP contribution is -2.41. The molecule has 8 nitrogen and oxygen atoms in total. The van der Waals surface area contributed by atoms with E-state index in [1.807, 2.05) is 0 Å². The fourth-order valence-electron chi connectivity index (χ4n) is 3.44. The molecule has 176 valence electrons. The summed E-state index contributed by atoms with van der Waals surface area (Å²) in [5, 5.41) is 5.76. The fraction of sp³-hybridized carbons (Fsp3) is 0.174. The molecular weight excluding hydrogens is 451 g/mol. The monoisotopic (exact) mass is 471 g/mol. The van der Waals surface area contributed by atoms with Gasteiger partial charge in [0.25, 0.3) is 11.8 Å². The molecule has 0 saturated carbocycles. The van der Waals surface area contributed by atoms with Gasteiger partial charge in [-0.25, -0.2) is 18.2 Å². The summed E-state index contributed by atoms with van der Waals surface area (Å²) in [5.74, 6) is -4.06. The number of morpholine rings is 1. The van der Waals surface area contributed by atoms with Crippen LogP contribution in [-0.4, -0.2) is 36.6 Å². The van der Waals surface area contributed by atoms with Gasteiger partial charge in [0.1, 0.15) is 18.2 Å². The van der Waals surface area contributed by atoms with Crippen LogP contribution in [0.2, 0.25) is 0 Å². The molecule has 3 aromatic rings. The summed E-state index contributed by atoms with van der Waals surface area (Å²) in [6.07, 6.45) is 1.21. The van der Waals surface area contributed by atoms with Crippen molar-refractivity contribution >= 4 is 34.7 Å². The molecular formula is C23H20F3N5O3. The first-order valence-electron chi connectivity index (χ1n) is 10.2. The highest BCUT2D eigenvalue weighted by Crippen LogP contribution is 2.25. The number of primary amides is 1. The zero-order chi connectivity index (χ0) is 24.2. The van der Waals surface area contributed by atoms with E-state index in [-0.39, 0.29) is 23.8 Å². The molecule has 0 spiro atoms. The van der Waals surface area contributed by atoms with Crippen molar-refractivity contribution in [3.8, 4) is 0 Å². The Kier molecular flexibility index (Phi) is 6.64. The predicted molar refractivity (Wildman–Crippen MR) is 119 cm³/mol. The lowest BCUT2D eigenvalue weighted by molar-refractivity contribution is -0.125. The summed E-state index contributed by atoms with van der Waals surface area (Å²) in [7, 11) is 0. The van der Waals surface area contributed by atoms with Crippen molar-refractivity contribution in [1.82, 2.24) is 4.98 Å². The van der Waals surface area contributed by atoms with Gasteiger partial charge in [0.15, 0.2) is 11.6 Å². The maximum absolute atomic E-state index is 14.0. The largest absolute Gasteiger partial charge is 0.380 e. The van der Waals surface area contributed by atoms with E-state index in [0.29, 0.717) is 30.7 Å². The summed E-state index contributed by atoms with van der Waals surface area (Å²) >= 11 is 0. The first-order chi connectivity index (χ1) is 16.3. The van der Waals surface area contributed by atoms with Gasteiger partial charge in [-0.2, -0.15) is 0 Å². The van der Waals surface area contributed by atoms with Gasteiger partial charge < -0.3 is 26.0 Å². The number of halogens is 3. The average molecular weight is 471 g/mol. The van der Waals surface area contributed by atoms with Crippen LogP contribution >= 0.6 is 0 Å². The topological polar surface area (TPSA) is 110 Å². The van der Waals surface area contributed by atoms with Crippen LogP contribution in [0.3, 0.4) is 0 Å². The van der Waals surface area contributed by atoms with E-state index in [4.69, 9.17) is 10.5 Å². The molecule has 1 aliphatic rings. The molecule has 4 N–H and O–H groups in total. The highest BCUT2D eigenvalue weighted by atomic mass is 19.2. The van der Waals surface area contributed by atoms with Crippen LogP contribution in [0.5, 0.6) is 0 Å². The van der Waals surface area contributed by atoms with Crippen LogP contribution in [0.25, 0.3) is 0 Å². The number of aromatic nitrogens is 1. The van der Waals surface area contributed by atoms with Crippen molar-refractivity contribution in [3.63, 3.8) is 0 Å². The Labute approximate surface area is 192 Å². The van der Waals surface area contributed by atoms with Crippen molar-refractivity contribution < 1.29 is 27.5 Å². The van der Waals surface area contributed by atoms with Gasteiger partial charge >= 0.3 is 0 Å². The molecule has 0 aliphatic carbocycles. The van der Waals surface area contributed by atoms with E-state index in [1.165, 1.54) is 12.3 Å². The van der Waals surface area contributed by atoms with Gasteiger partial charge in [-0.3, -0.25) is 9.59 Å². The third-order valence-corrected chi connectivity index (χ3v) is 5.20. The Morgan fingerprint density at radius 2 is 1.85 bits per heavy atom. The molecule has 2 amide bonds. The standard InChI is InChI=1S/C23H20F3N5O3/c24-17-5-6-18(25)22(26)15(17)10-28-19-9-20(29-11-16(19)23(27)33)30-13-1-3-14(4-2-13)31-7-8-34-12-21(31)32/h1-6,9,11H,7-8,10,12H2,(H2,27,33)(H2,28,29,30). The molecule has 2 aromatic carbocycles. The molecule has 34 heavy (non-hydrogen) atoms. The van der Waals surface area contributed by atoms with Crippen molar-refractivity contribution in [2.75, 3.05) is 35.3 Å². The first kappa shape index (κ1) is 23.1. The van der Waals surface area contributed by atoms with Gasteiger partial charge in [0.05, 0.1) is 17.9 Å². The number of amides is 2. The smallest absolute Gasteiger partial charge is 0.253 e. The van der Waals surface area contributed by atoms with E-state index < -0.39 is 35.5 Å². The van der Waals surface area contributed by atoms with Crippen molar-refractivity contribution in [3.05, 3.63) is 77.2 Å². The molecule has 0 atom stereocenters. The van der Waals surface area contributed by atoms with Gasteiger partial charge in [0, 0.05) is 42.3 Å². The van der Waals surface area contributed by atoms with Crippen LogP contribution in [0.1, 0.15) is 15.9 Å². The summed E-state index contributed by atoms with van der Waals surface area (Å²) in [5.41, 5.74) is 6.36. The molecule has 2 heterocycles. The number of nitrogens with zero attached hydrogens (tertiary/aromatic N) is 2. The minimum absolute atomic E-state index is 0.0102. The molecule has 0 radical (unpaired) electrons. The highest BCUT2D eigenvalue weighted by Gasteiger charge is 2.20. The average Bonchev–Trinajstić information content (AvgIpc) is 2.82. The SMILES string of the molecule is NC(=O)c1cnc(Nc2ccc(N3CCOCC3=O)cc2)cc1NCc1c(F)ccc(F)c1F. The number of anilines is 4. The Hall–Kier alpha value is -4.12. The normalized spacial score (nSPS) is 13.6. The van der Waals surface area contributed by atoms with Gasteiger partial charge in [-0.05, 0) is 36.4 Å². The van der Waals surface area contributed by atoms with E-state index in [0.717, 1.165) is 11.8 Å². The second-order valence-electron chi connectivity index (χ2n) is 7.42. The molecule has 0 unspecified atom stereocenters. The minimum atomic E-state index is -1.32. The van der Waals surface area contributed by atoms with Crippen molar-refractivity contribution in [2.24, 2.45) is 5.73 Å². The van der Waals surface area contributed by atoms with Gasteiger partial charge in [-0.1, -0.05) is 0 Å². The third kappa shape index (κ3) is 4.94. The zero-order valence-corrected chi connectivity index (χ0v) is 17.8. The number of benzene rings is 2. The molecule has 1 fully saturated rings. The quantitative estimate of drug-likeness (QED) is 0.456.